The highest BCUT2D eigenvalue weighted by molar-refractivity contribution is 7.94. The highest BCUT2D eigenvalue weighted by Gasteiger charge is 2.28. The van der Waals surface area contributed by atoms with Crippen molar-refractivity contribution >= 4 is 18.1 Å². The number of ether oxygens (including phenoxy) is 1. The van der Waals surface area contributed by atoms with Crippen LogP contribution < -0.4 is 4.74 Å². The molecule has 1 amide bonds. The third-order valence-electron chi connectivity index (χ3n) is 5.17. The van der Waals surface area contributed by atoms with Gasteiger partial charge in [0.1, 0.15) is 23.2 Å². The second-order valence-corrected chi connectivity index (χ2v) is 8.00. The van der Waals surface area contributed by atoms with Crippen molar-refractivity contribution in [3.63, 3.8) is 0 Å². The summed E-state index contributed by atoms with van der Waals surface area (Å²) in [6.45, 7) is 0.543. The van der Waals surface area contributed by atoms with Gasteiger partial charge in [-0.15, -0.1) is 0 Å². The van der Waals surface area contributed by atoms with Gasteiger partial charge in [-0.2, -0.15) is 8.98 Å². The lowest BCUT2D eigenvalue weighted by atomic mass is 9.99. The predicted octanol–water partition coefficient (Wildman–Crippen LogP) is 4.70. The number of carbonyl (C=O) groups is 1. The number of carbonyl (C=O) groups excluding carboxylic acids is 1. The molecule has 0 fully saturated rings. The molecule has 0 atom stereocenters. The van der Waals surface area contributed by atoms with Crippen LogP contribution in [0.3, 0.4) is 0 Å². The molecule has 32 heavy (non-hydrogen) atoms. The fourth-order valence-electron chi connectivity index (χ4n) is 3.89. The van der Waals surface area contributed by atoms with Crippen LogP contribution in [0.4, 0.5) is 17.1 Å². The van der Waals surface area contributed by atoms with Gasteiger partial charge in [-0.1, -0.05) is 0 Å². The van der Waals surface area contributed by atoms with Crippen molar-refractivity contribution in [2.24, 2.45) is 7.05 Å². The van der Waals surface area contributed by atoms with Crippen LogP contribution in [-0.2, 0) is 20.0 Å². The monoisotopic (exact) mass is 465 g/mol. The molecule has 2 heterocycles. The first-order valence-corrected chi connectivity index (χ1v) is 10.7. The first-order chi connectivity index (χ1) is 15.4. The Morgan fingerprint density at radius 3 is 2.53 bits per heavy atom. The zero-order valence-electron chi connectivity index (χ0n) is 17.1. The Balaban J connectivity index is 1.57. The molecular weight excluding hydrogens is 446 g/mol. The fourth-order valence-corrected chi connectivity index (χ4v) is 4.03. The molecule has 1 aliphatic rings. The molecule has 5 nitrogen and oxygen atoms in total. The van der Waals surface area contributed by atoms with Crippen molar-refractivity contribution < 1.29 is 26.6 Å². The van der Waals surface area contributed by atoms with Crippen LogP contribution in [0.15, 0.2) is 36.4 Å². The van der Waals surface area contributed by atoms with Crippen LogP contribution >= 0.6 is 12.1 Å². The minimum absolute atomic E-state index is 0.0444. The highest BCUT2D eigenvalue weighted by Crippen LogP contribution is 2.31. The first kappa shape index (κ1) is 22.2. The van der Waals surface area contributed by atoms with Crippen molar-refractivity contribution in [1.82, 2.24) is 14.7 Å². The van der Waals surface area contributed by atoms with Crippen LogP contribution in [-0.4, -0.2) is 39.5 Å². The third kappa shape index (κ3) is 4.59. The standard InChI is InChI=1S/C22H19F4N3O2S/c1-28-21(13-6-15(23)10-16(24)7-13)19-2-3-29(12-20(19)27-28)22(30)14-8-17(25)11-18(9-14)31-4-5-32-26/h6-11H,2-5,12H2,1H3. The van der Waals surface area contributed by atoms with E-state index in [0.717, 1.165) is 23.8 Å². The number of amides is 1. The van der Waals surface area contributed by atoms with E-state index in [1.807, 2.05) is 0 Å². The zero-order chi connectivity index (χ0) is 22.8. The molecule has 0 unspecified atom stereocenters. The SMILES string of the molecule is Cn1nc2c(c1-c1cc(F)cc(F)c1)CCN(C(=O)c1cc(F)cc(OCCSF)c1)C2. The zero-order valence-corrected chi connectivity index (χ0v) is 17.9. The lowest BCUT2D eigenvalue weighted by molar-refractivity contribution is 0.0731. The minimum atomic E-state index is -0.684. The van der Waals surface area contributed by atoms with Gasteiger partial charge in [-0.25, -0.2) is 13.2 Å². The molecular formula is C22H19F4N3O2S. The van der Waals surface area contributed by atoms with Gasteiger partial charge in [0, 0.05) is 54.6 Å². The number of fused-ring (bicyclic) bond motifs is 1. The number of halogens is 4. The molecule has 0 N–H and O–H groups in total. The third-order valence-corrected chi connectivity index (χ3v) is 5.49. The van der Waals surface area contributed by atoms with Crippen molar-refractivity contribution in [2.45, 2.75) is 13.0 Å². The molecule has 3 aromatic rings. The maximum atomic E-state index is 14.0. The van der Waals surface area contributed by atoms with Gasteiger partial charge in [0.25, 0.3) is 5.91 Å². The quantitative estimate of drug-likeness (QED) is 0.391. The van der Waals surface area contributed by atoms with Gasteiger partial charge in [-0.3, -0.25) is 9.48 Å². The Morgan fingerprint density at radius 1 is 1.09 bits per heavy atom. The van der Waals surface area contributed by atoms with E-state index in [0.29, 0.717) is 29.9 Å². The molecule has 0 saturated carbocycles. The number of aromatic nitrogens is 2. The molecule has 0 radical (unpaired) electrons. The molecule has 168 valence electrons. The van der Waals surface area contributed by atoms with Gasteiger partial charge in [0.2, 0.25) is 0 Å². The Kier molecular flexibility index (Phi) is 6.40. The molecule has 0 bridgehead atoms. The fraction of sp³-hybridized carbons (Fsp3) is 0.273. The number of rotatable bonds is 6. The molecule has 0 spiro atoms. The van der Waals surface area contributed by atoms with Crippen molar-refractivity contribution in [3.8, 4) is 17.0 Å². The minimum Gasteiger partial charge on any atom is -0.493 e. The maximum absolute atomic E-state index is 14.0. The van der Waals surface area contributed by atoms with E-state index in [1.165, 1.54) is 23.1 Å². The van der Waals surface area contributed by atoms with Crippen molar-refractivity contribution in [2.75, 3.05) is 18.9 Å². The second kappa shape index (κ2) is 9.23. The van der Waals surface area contributed by atoms with Crippen molar-refractivity contribution in [3.05, 3.63) is 70.7 Å². The Morgan fingerprint density at radius 2 is 1.81 bits per heavy atom. The van der Waals surface area contributed by atoms with E-state index in [-0.39, 0.29) is 42.4 Å². The number of hydrogen-bond acceptors (Lipinski definition) is 4. The summed E-state index contributed by atoms with van der Waals surface area (Å²) in [5.74, 6) is -2.16. The van der Waals surface area contributed by atoms with Gasteiger partial charge in [0.05, 0.1) is 30.3 Å². The molecule has 4 rings (SSSR count). The summed E-state index contributed by atoms with van der Waals surface area (Å²) in [4.78, 5) is 14.5. The maximum Gasteiger partial charge on any atom is 0.254 e. The van der Waals surface area contributed by atoms with Crippen LogP contribution in [0.2, 0.25) is 0 Å². The van der Waals surface area contributed by atoms with Crippen LogP contribution in [0.1, 0.15) is 21.6 Å². The van der Waals surface area contributed by atoms with Gasteiger partial charge < -0.3 is 9.64 Å². The number of aryl methyl sites for hydroxylation is 1. The summed E-state index contributed by atoms with van der Waals surface area (Å²) in [6.07, 6.45) is 0.425. The second-order valence-electron chi connectivity index (χ2n) is 7.37. The predicted molar refractivity (Wildman–Crippen MR) is 112 cm³/mol. The normalized spacial score (nSPS) is 13.2. The molecule has 1 aliphatic heterocycles. The summed E-state index contributed by atoms with van der Waals surface area (Å²) >= 11 is 0.110. The average molecular weight is 465 g/mol. The molecule has 1 aromatic heterocycles. The van der Waals surface area contributed by atoms with E-state index in [1.54, 1.807) is 11.7 Å². The van der Waals surface area contributed by atoms with E-state index in [2.05, 4.69) is 5.10 Å². The Bertz CT molecular complexity index is 1150. The van der Waals surface area contributed by atoms with Crippen LogP contribution in [0, 0.1) is 17.5 Å². The van der Waals surface area contributed by atoms with Gasteiger partial charge in [0.15, 0.2) is 0 Å². The largest absolute Gasteiger partial charge is 0.493 e. The highest BCUT2D eigenvalue weighted by atomic mass is 32.2. The summed E-state index contributed by atoms with van der Waals surface area (Å²) in [5, 5.41) is 4.44. The average Bonchev–Trinajstić information content (AvgIpc) is 3.07. The number of benzene rings is 2. The van der Waals surface area contributed by atoms with Crippen molar-refractivity contribution in [1.29, 1.82) is 0 Å². The smallest absolute Gasteiger partial charge is 0.254 e. The topological polar surface area (TPSA) is 47.4 Å². The van der Waals surface area contributed by atoms with E-state index in [9.17, 15) is 21.9 Å². The lowest BCUT2D eigenvalue weighted by Gasteiger charge is -2.27. The van der Waals surface area contributed by atoms with Crippen LogP contribution in [0.5, 0.6) is 5.75 Å². The number of nitrogens with zero attached hydrogens (tertiary/aromatic N) is 3. The van der Waals surface area contributed by atoms with E-state index >= 15 is 0 Å². The van der Waals surface area contributed by atoms with E-state index < -0.39 is 23.4 Å². The Hall–Kier alpha value is -3.01. The molecule has 0 saturated heterocycles. The van der Waals surface area contributed by atoms with Gasteiger partial charge in [-0.05, 0) is 30.7 Å². The molecule has 0 aliphatic carbocycles. The summed E-state index contributed by atoms with van der Waals surface area (Å²) in [7, 11) is 1.68. The number of hydrogen-bond donors (Lipinski definition) is 0. The lowest BCUT2D eigenvalue weighted by Crippen LogP contribution is -2.36. The first-order valence-electron chi connectivity index (χ1n) is 9.83. The molecule has 2 aromatic carbocycles. The summed E-state index contributed by atoms with van der Waals surface area (Å²) < 4.78 is 60.5. The summed E-state index contributed by atoms with van der Waals surface area (Å²) in [6, 6.07) is 6.97. The Labute approximate surface area is 186 Å². The van der Waals surface area contributed by atoms with Gasteiger partial charge >= 0.3 is 0 Å². The van der Waals surface area contributed by atoms with E-state index in [4.69, 9.17) is 4.74 Å². The molecule has 10 heteroatoms. The van der Waals surface area contributed by atoms with Crippen LogP contribution in [0.25, 0.3) is 11.3 Å². The summed E-state index contributed by atoms with van der Waals surface area (Å²) in [5.41, 5.74) is 2.50.